The van der Waals surface area contributed by atoms with Gasteiger partial charge >= 0.3 is 0 Å². The summed E-state index contributed by atoms with van der Waals surface area (Å²) in [7, 11) is 0. The van der Waals surface area contributed by atoms with Crippen molar-refractivity contribution in [2.24, 2.45) is 0 Å². The molecule has 0 spiro atoms. The number of aliphatic hydroxyl groups excluding tert-OH is 1. The van der Waals surface area contributed by atoms with Gasteiger partial charge < -0.3 is 10.2 Å². The molecule has 2 rings (SSSR count). The van der Waals surface area contributed by atoms with Gasteiger partial charge in [-0.15, -0.1) is 0 Å². The summed E-state index contributed by atoms with van der Waals surface area (Å²) in [6.07, 6.45) is 7.76. The lowest BCUT2D eigenvalue weighted by Gasteiger charge is -2.38. The van der Waals surface area contributed by atoms with E-state index in [4.69, 9.17) is 0 Å². The molecule has 1 atom stereocenters. The molecular weight excluding hydrogens is 164 g/mol. The van der Waals surface area contributed by atoms with E-state index in [9.17, 15) is 10.2 Å². The van der Waals surface area contributed by atoms with E-state index in [1.54, 1.807) is 0 Å². The van der Waals surface area contributed by atoms with Crippen LogP contribution >= 0.6 is 0 Å². The first-order valence-corrected chi connectivity index (χ1v) is 5.49. The molecule has 2 N–H and O–H groups in total. The minimum atomic E-state index is -0.603. The number of rotatable bonds is 1. The van der Waals surface area contributed by atoms with E-state index in [0.29, 0.717) is 0 Å². The predicted molar refractivity (Wildman–Crippen MR) is 51.1 cm³/mol. The molecule has 0 aromatic heterocycles. The van der Waals surface area contributed by atoms with Gasteiger partial charge in [0.1, 0.15) is 0 Å². The Balaban J connectivity index is 2.03. The maximum atomic E-state index is 10.3. The molecule has 0 amide bonds. The zero-order chi connectivity index (χ0) is 9.31. The third kappa shape index (κ3) is 1.75. The Morgan fingerprint density at radius 3 is 2.31 bits per heavy atom. The van der Waals surface area contributed by atoms with Crippen LogP contribution in [0.1, 0.15) is 51.4 Å². The smallest absolute Gasteiger partial charge is 0.0735 e. The predicted octanol–water partition coefficient (Wildman–Crippen LogP) is 1.80. The van der Waals surface area contributed by atoms with Crippen LogP contribution in [0.4, 0.5) is 0 Å². The molecule has 2 heteroatoms. The largest absolute Gasteiger partial charge is 0.392 e. The Hall–Kier alpha value is -0.0800. The molecule has 2 aliphatic carbocycles. The van der Waals surface area contributed by atoms with Crippen LogP contribution in [0.15, 0.2) is 0 Å². The minimum absolute atomic E-state index is 0.317. The summed E-state index contributed by atoms with van der Waals surface area (Å²) < 4.78 is 0. The summed E-state index contributed by atoms with van der Waals surface area (Å²) in [5.41, 5.74) is -0.603. The summed E-state index contributed by atoms with van der Waals surface area (Å²) >= 11 is 0. The molecule has 75 valence electrons. The van der Waals surface area contributed by atoms with Crippen molar-refractivity contribution in [2.75, 3.05) is 0 Å². The second-order valence-electron chi connectivity index (χ2n) is 4.53. The Labute approximate surface area is 80.0 Å². The molecule has 0 heterocycles. The lowest BCUT2D eigenvalue weighted by atomic mass is 9.74. The zero-order valence-electron chi connectivity index (χ0n) is 8.13. The van der Waals surface area contributed by atoms with E-state index in [1.807, 2.05) is 0 Å². The van der Waals surface area contributed by atoms with Crippen molar-refractivity contribution >= 4 is 0 Å². The van der Waals surface area contributed by atoms with Crippen LogP contribution in [0.3, 0.4) is 0 Å². The van der Waals surface area contributed by atoms with Crippen molar-refractivity contribution in [2.45, 2.75) is 63.1 Å². The lowest BCUT2D eigenvalue weighted by Crippen LogP contribution is -2.41. The molecule has 0 aliphatic heterocycles. The minimum Gasteiger partial charge on any atom is -0.392 e. The average molecular weight is 183 g/mol. The van der Waals surface area contributed by atoms with Crippen LogP contribution in [0.5, 0.6) is 0 Å². The molecule has 2 nitrogen and oxygen atoms in total. The normalized spacial score (nSPS) is 35.1. The highest BCUT2D eigenvalue weighted by Gasteiger charge is 2.44. The van der Waals surface area contributed by atoms with E-state index in [1.165, 1.54) is 6.42 Å². The highest BCUT2D eigenvalue weighted by atomic mass is 16.3. The van der Waals surface area contributed by atoms with E-state index in [2.05, 4.69) is 0 Å². The van der Waals surface area contributed by atoms with Crippen molar-refractivity contribution in [1.82, 2.24) is 0 Å². The van der Waals surface area contributed by atoms with Crippen molar-refractivity contribution in [3.8, 4) is 0 Å². The average Bonchev–Trinajstić information content (AvgIpc) is 2.53. The molecule has 1 radical (unpaired) electrons. The van der Waals surface area contributed by atoms with Gasteiger partial charge in [-0.3, -0.25) is 0 Å². The van der Waals surface area contributed by atoms with Gasteiger partial charge in [-0.2, -0.15) is 0 Å². The first kappa shape index (κ1) is 9.47. The molecule has 2 aliphatic rings. The summed E-state index contributed by atoms with van der Waals surface area (Å²) in [6, 6.07) is 0. The van der Waals surface area contributed by atoms with Gasteiger partial charge in [0.2, 0.25) is 0 Å². The Morgan fingerprint density at radius 1 is 1.08 bits per heavy atom. The quantitative estimate of drug-likeness (QED) is 0.650. The molecule has 2 saturated carbocycles. The molecule has 2 fully saturated rings. The summed E-state index contributed by atoms with van der Waals surface area (Å²) in [5.74, 6) is 1.03. The van der Waals surface area contributed by atoms with E-state index in [0.717, 1.165) is 50.9 Å². The van der Waals surface area contributed by atoms with Gasteiger partial charge in [-0.1, -0.05) is 25.7 Å². The third-order valence-corrected chi connectivity index (χ3v) is 3.60. The molecule has 0 aromatic carbocycles. The van der Waals surface area contributed by atoms with Gasteiger partial charge in [-0.25, -0.2) is 0 Å². The molecule has 0 saturated heterocycles. The number of hydrogen-bond acceptors (Lipinski definition) is 2. The Bertz CT molecular complexity index is 173. The highest BCUT2D eigenvalue weighted by molar-refractivity contribution is 5.16. The van der Waals surface area contributed by atoms with Gasteiger partial charge in [0.05, 0.1) is 11.7 Å². The fourth-order valence-corrected chi connectivity index (χ4v) is 2.83. The second-order valence-corrected chi connectivity index (χ2v) is 4.53. The third-order valence-electron chi connectivity index (χ3n) is 3.60. The summed E-state index contributed by atoms with van der Waals surface area (Å²) in [5, 5.41) is 20.1. The monoisotopic (exact) mass is 183 g/mol. The Morgan fingerprint density at radius 2 is 1.77 bits per heavy atom. The number of hydrogen-bond donors (Lipinski definition) is 2. The van der Waals surface area contributed by atoms with Crippen LogP contribution in [0, 0.1) is 5.92 Å². The summed E-state index contributed by atoms with van der Waals surface area (Å²) in [6.45, 7) is 0. The maximum Gasteiger partial charge on any atom is 0.0735 e. The van der Waals surface area contributed by atoms with Crippen molar-refractivity contribution in [1.29, 1.82) is 0 Å². The van der Waals surface area contributed by atoms with Crippen LogP contribution < -0.4 is 0 Å². The second kappa shape index (κ2) is 3.58. The molecule has 0 bridgehead atoms. The maximum absolute atomic E-state index is 10.3. The van der Waals surface area contributed by atoms with Crippen LogP contribution in [0.2, 0.25) is 0 Å². The first-order chi connectivity index (χ1) is 6.22. The summed E-state index contributed by atoms with van der Waals surface area (Å²) in [4.78, 5) is 0. The van der Waals surface area contributed by atoms with Crippen LogP contribution in [-0.2, 0) is 0 Å². The number of aliphatic hydroxyl groups is 2. The van der Waals surface area contributed by atoms with Crippen LogP contribution in [-0.4, -0.2) is 21.9 Å². The van der Waals surface area contributed by atoms with Gasteiger partial charge in [0.15, 0.2) is 0 Å². The fraction of sp³-hybridized carbons (Fsp3) is 0.909. The SMILES string of the molecule is OC1CCC[C]1C1(O)CCCCC1. The van der Waals surface area contributed by atoms with E-state index in [-0.39, 0.29) is 6.10 Å². The van der Waals surface area contributed by atoms with Gasteiger partial charge in [0, 0.05) is 5.92 Å². The standard InChI is InChI=1S/C11H19O2/c12-10-6-4-5-9(10)11(13)7-2-1-3-8-11/h10,12-13H,1-8H2. The Kier molecular flexibility index (Phi) is 2.61. The van der Waals surface area contributed by atoms with Gasteiger partial charge in [-0.05, 0) is 25.7 Å². The van der Waals surface area contributed by atoms with E-state index >= 15 is 0 Å². The highest BCUT2D eigenvalue weighted by Crippen LogP contribution is 2.44. The first-order valence-electron chi connectivity index (χ1n) is 5.49. The fourth-order valence-electron chi connectivity index (χ4n) is 2.83. The van der Waals surface area contributed by atoms with Crippen molar-refractivity contribution < 1.29 is 10.2 Å². The lowest BCUT2D eigenvalue weighted by molar-refractivity contribution is -0.00845. The molecule has 1 unspecified atom stereocenters. The van der Waals surface area contributed by atoms with Gasteiger partial charge in [0.25, 0.3) is 0 Å². The van der Waals surface area contributed by atoms with Crippen LogP contribution in [0.25, 0.3) is 0 Å². The molecule has 0 aromatic rings. The topological polar surface area (TPSA) is 40.5 Å². The zero-order valence-corrected chi connectivity index (χ0v) is 8.13. The molecular formula is C11H19O2. The van der Waals surface area contributed by atoms with E-state index < -0.39 is 5.60 Å². The molecule has 13 heavy (non-hydrogen) atoms. The van der Waals surface area contributed by atoms with Crippen molar-refractivity contribution in [3.63, 3.8) is 0 Å². The van der Waals surface area contributed by atoms with Crippen molar-refractivity contribution in [3.05, 3.63) is 5.92 Å².